The zero-order valence-electron chi connectivity index (χ0n) is 16.6. The maximum Gasteiger partial charge on any atom is 0.329 e. The molecule has 1 N–H and O–H groups in total. The number of nitrogens with zero attached hydrogens (tertiary/aromatic N) is 4. The Hall–Kier alpha value is -2.72. The lowest BCUT2D eigenvalue weighted by Crippen LogP contribution is -2.44. The number of nitrogens with one attached hydrogen (secondary N) is 1. The van der Waals surface area contributed by atoms with Crippen LogP contribution in [0.2, 0.25) is 0 Å². The zero-order chi connectivity index (χ0) is 20.1. The second-order valence-corrected chi connectivity index (χ2v) is 7.85. The molecule has 1 saturated heterocycles. The summed E-state index contributed by atoms with van der Waals surface area (Å²) in [5.41, 5.74) is 1.85. The van der Waals surface area contributed by atoms with Crippen LogP contribution < -0.4 is 10.2 Å². The number of ether oxygens (including phenoxy) is 1. The van der Waals surface area contributed by atoms with Gasteiger partial charge in [-0.3, -0.25) is 4.79 Å². The van der Waals surface area contributed by atoms with Gasteiger partial charge in [0.2, 0.25) is 0 Å². The topological polar surface area (TPSA) is 91.1 Å². The van der Waals surface area contributed by atoms with Gasteiger partial charge in [0.25, 0.3) is 0 Å². The molecule has 1 aliphatic carbocycles. The van der Waals surface area contributed by atoms with E-state index in [0.717, 1.165) is 44.5 Å². The van der Waals surface area contributed by atoms with Crippen LogP contribution in [0.15, 0.2) is 24.3 Å². The molecule has 2 aromatic rings. The summed E-state index contributed by atoms with van der Waals surface area (Å²) in [4.78, 5) is 24.4. The molecule has 1 atom stereocenters. The molecule has 0 bridgehead atoms. The van der Waals surface area contributed by atoms with Crippen molar-refractivity contribution in [2.75, 3.05) is 37.7 Å². The molecule has 7 nitrogen and oxygen atoms in total. The van der Waals surface area contributed by atoms with E-state index in [4.69, 9.17) is 9.72 Å². The van der Waals surface area contributed by atoms with Gasteiger partial charge in [0.15, 0.2) is 11.7 Å². The zero-order valence-corrected chi connectivity index (χ0v) is 16.6. The Morgan fingerprint density at radius 2 is 1.86 bits per heavy atom. The molecular formula is C22H27N5O2. The number of benzene rings is 1. The largest absolute Gasteiger partial charge is 0.464 e. The normalized spacial score (nSPS) is 18.9. The minimum absolute atomic E-state index is 0.390. The third-order valence-electron chi connectivity index (χ3n) is 5.82. The van der Waals surface area contributed by atoms with Crippen LogP contribution in [0.4, 0.5) is 5.82 Å². The van der Waals surface area contributed by atoms with Gasteiger partial charge in [-0.25, -0.2) is 9.97 Å². The molecule has 1 unspecified atom stereocenters. The van der Waals surface area contributed by atoms with Gasteiger partial charge < -0.3 is 15.0 Å². The number of aromatic nitrogens is 2. The van der Waals surface area contributed by atoms with Crippen molar-refractivity contribution >= 4 is 22.8 Å². The Bertz CT molecular complexity index is 898. The van der Waals surface area contributed by atoms with Crippen LogP contribution in [0, 0.1) is 17.2 Å². The van der Waals surface area contributed by atoms with Crippen LogP contribution in [0.1, 0.15) is 43.7 Å². The van der Waals surface area contributed by atoms with Crippen molar-refractivity contribution in [2.24, 2.45) is 5.92 Å². The van der Waals surface area contributed by atoms with E-state index in [0.29, 0.717) is 29.6 Å². The maximum atomic E-state index is 12.8. The number of para-hydroxylation sites is 2. The second kappa shape index (κ2) is 9.19. The standard InChI is InChI=1S/C22H27N5O2/c23-14-17(22(28)29-15-16-6-2-1-3-7-16)20-21(27-12-10-24-11-13-27)26-19-9-5-4-8-18(19)25-20/h4-5,8-9,16-17,24H,1-3,6-7,10-13,15H2. The van der Waals surface area contributed by atoms with Crippen LogP contribution in [-0.2, 0) is 9.53 Å². The molecule has 0 spiro atoms. The Labute approximate surface area is 171 Å². The highest BCUT2D eigenvalue weighted by molar-refractivity contribution is 5.85. The summed E-state index contributed by atoms with van der Waals surface area (Å²) in [6.45, 7) is 3.57. The van der Waals surface area contributed by atoms with E-state index in [9.17, 15) is 10.1 Å². The van der Waals surface area contributed by atoms with Gasteiger partial charge in [-0.15, -0.1) is 0 Å². The number of nitriles is 1. The van der Waals surface area contributed by atoms with E-state index in [1.54, 1.807) is 0 Å². The summed E-state index contributed by atoms with van der Waals surface area (Å²) in [5, 5.41) is 13.1. The lowest BCUT2D eigenvalue weighted by Gasteiger charge is -2.30. The van der Waals surface area contributed by atoms with Crippen molar-refractivity contribution in [1.82, 2.24) is 15.3 Å². The molecule has 4 rings (SSSR count). The number of hydrogen-bond acceptors (Lipinski definition) is 7. The Morgan fingerprint density at radius 1 is 1.17 bits per heavy atom. The van der Waals surface area contributed by atoms with Crippen LogP contribution in [0.3, 0.4) is 0 Å². The lowest BCUT2D eigenvalue weighted by molar-refractivity contribution is -0.145. The van der Waals surface area contributed by atoms with Crippen molar-refractivity contribution in [3.05, 3.63) is 30.0 Å². The van der Waals surface area contributed by atoms with E-state index in [1.807, 2.05) is 24.3 Å². The highest BCUT2D eigenvalue weighted by Crippen LogP contribution is 2.29. The predicted octanol–water partition coefficient (Wildman–Crippen LogP) is 2.77. The first-order valence-electron chi connectivity index (χ1n) is 10.5. The smallest absolute Gasteiger partial charge is 0.329 e. The number of carbonyl (C=O) groups is 1. The van der Waals surface area contributed by atoms with Crippen LogP contribution in [-0.4, -0.2) is 48.7 Å². The Morgan fingerprint density at radius 3 is 2.55 bits per heavy atom. The Balaban J connectivity index is 1.61. The quantitative estimate of drug-likeness (QED) is 0.781. The van der Waals surface area contributed by atoms with Gasteiger partial charge in [-0.1, -0.05) is 31.4 Å². The van der Waals surface area contributed by atoms with E-state index in [2.05, 4.69) is 21.3 Å². The average Bonchev–Trinajstić information content (AvgIpc) is 2.79. The van der Waals surface area contributed by atoms with Crippen molar-refractivity contribution in [2.45, 2.75) is 38.0 Å². The third kappa shape index (κ3) is 4.48. The first-order valence-corrected chi connectivity index (χ1v) is 10.5. The van der Waals surface area contributed by atoms with Gasteiger partial charge in [0.1, 0.15) is 5.69 Å². The lowest BCUT2D eigenvalue weighted by atomic mass is 9.90. The van der Waals surface area contributed by atoms with Gasteiger partial charge >= 0.3 is 5.97 Å². The van der Waals surface area contributed by atoms with Crippen molar-refractivity contribution in [3.8, 4) is 6.07 Å². The minimum atomic E-state index is -1.07. The molecular weight excluding hydrogens is 366 g/mol. The number of esters is 1. The fraction of sp³-hybridized carbons (Fsp3) is 0.545. The van der Waals surface area contributed by atoms with Gasteiger partial charge in [0.05, 0.1) is 23.7 Å². The summed E-state index contributed by atoms with van der Waals surface area (Å²) in [5.74, 6) is -0.562. The molecule has 0 radical (unpaired) electrons. The third-order valence-corrected chi connectivity index (χ3v) is 5.82. The molecule has 2 fully saturated rings. The predicted molar refractivity (Wildman–Crippen MR) is 111 cm³/mol. The Kier molecular flexibility index (Phi) is 6.20. The summed E-state index contributed by atoms with van der Waals surface area (Å²) < 4.78 is 5.58. The number of carbonyl (C=O) groups excluding carboxylic acids is 1. The van der Waals surface area contributed by atoms with Crippen molar-refractivity contribution in [1.29, 1.82) is 5.26 Å². The number of anilines is 1. The van der Waals surface area contributed by atoms with Crippen molar-refractivity contribution in [3.63, 3.8) is 0 Å². The summed E-state index contributed by atoms with van der Waals surface area (Å²) in [6, 6.07) is 9.69. The molecule has 1 saturated carbocycles. The maximum absolute atomic E-state index is 12.8. The minimum Gasteiger partial charge on any atom is -0.464 e. The van der Waals surface area contributed by atoms with E-state index in [-0.39, 0.29) is 0 Å². The first-order chi connectivity index (χ1) is 14.3. The molecule has 2 heterocycles. The second-order valence-electron chi connectivity index (χ2n) is 7.85. The number of hydrogen-bond donors (Lipinski definition) is 1. The highest BCUT2D eigenvalue weighted by atomic mass is 16.5. The molecule has 29 heavy (non-hydrogen) atoms. The van der Waals surface area contributed by atoms with E-state index in [1.165, 1.54) is 19.3 Å². The van der Waals surface area contributed by atoms with Crippen LogP contribution in [0.5, 0.6) is 0 Å². The number of fused-ring (bicyclic) bond motifs is 1. The van der Waals surface area contributed by atoms with Gasteiger partial charge in [0, 0.05) is 26.2 Å². The molecule has 0 amide bonds. The van der Waals surface area contributed by atoms with Crippen molar-refractivity contribution < 1.29 is 9.53 Å². The monoisotopic (exact) mass is 393 g/mol. The molecule has 1 aliphatic heterocycles. The average molecular weight is 393 g/mol. The SMILES string of the molecule is N#CC(C(=O)OCC1CCCCC1)c1nc2ccccc2nc1N1CCNCC1. The van der Waals surface area contributed by atoms with Crippen LogP contribution >= 0.6 is 0 Å². The summed E-state index contributed by atoms with van der Waals surface area (Å²) >= 11 is 0. The number of rotatable bonds is 5. The molecule has 1 aromatic carbocycles. The van der Waals surface area contributed by atoms with E-state index < -0.39 is 11.9 Å². The molecule has 7 heteroatoms. The fourth-order valence-corrected chi connectivity index (χ4v) is 4.17. The molecule has 2 aliphatic rings. The van der Waals surface area contributed by atoms with Gasteiger partial charge in [-0.05, 0) is 30.9 Å². The van der Waals surface area contributed by atoms with Gasteiger partial charge in [-0.2, -0.15) is 5.26 Å². The molecule has 152 valence electrons. The highest BCUT2D eigenvalue weighted by Gasteiger charge is 2.31. The van der Waals surface area contributed by atoms with E-state index >= 15 is 0 Å². The number of piperazine rings is 1. The summed E-state index contributed by atoms with van der Waals surface area (Å²) in [6.07, 6.45) is 5.81. The molecule has 1 aromatic heterocycles. The summed E-state index contributed by atoms with van der Waals surface area (Å²) in [7, 11) is 0. The van der Waals surface area contributed by atoms with Crippen LogP contribution in [0.25, 0.3) is 11.0 Å². The first kappa shape index (κ1) is 19.6. The fourth-order valence-electron chi connectivity index (χ4n) is 4.17.